The molecule has 0 spiro atoms. The van der Waals surface area contributed by atoms with Gasteiger partial charge in [0.1, 0.15) is 10.7 Å². The number of hydrogen-bond acceptors (Lipinski definition) is 6. The highest BCUT2D eigenvalue weighted by Crippen LogP contribution is 2.30. The molecule has 4 rings (SSSR count). The summed E-state index contributed by atoms with van der Waals surface area (Å²) in [7, 11) is -3.14. The summed E-state index contributed by atoms with van der Waals surface area (Å²) in [6, 6.07) is 5.68. The van der Waals surface area contributed by atoms with Crippen molar-refractivity contribution in [2.45, 2.75) is 50.6 Å². The van der Waals surface area contributed by atoms with Crippen LogP contribution in [0.3, 0.4) is 0 Å². The third kappa shape index (κ3) is 4.51. The number of carbonyl (C=O) groups is 2. The third-order valence-corrected chi connectivity index (χ3v) is 8.72. The summed E-state index contributed by atoms with van der Waals surface area (Å²) >= 11 is 1.11. The van der Waals surface area contributed by atoms with Gasteiger partial charge in [0, 0.05) is 22.2 Å². The van der Waals surface area contributed by atoms with Gasteiger partial charge in [-0.05, 0) is 37.5 Å². The minimum atomic E-state index is -3.14. The first kappa shape index (κ1) is 21.2. The highest BCUT2D eigenvalue weighted by atomic mass is 32.2. The molecule has 1 amide bonds. The fraction of sp³-hybridized carbons (Fsp3) is 0.524. The van der Waals surface area contributed by atoms with Crippen LogP contribution >= 0.6 is 11.3 Å². The Morgan fingerprint density at radius 1 is 1.13 bits per heavy atom. The second-order valence-electron chi connectivity index (χ2n) is 7.99. The van der Waals surface area contributed by atoms with Crippen LogP contribution < -0.4 is 0 Å². The molecular weight excluding hydrogens is 429 g/mol. The Morgan fingerprint density at radius 2 is 1.90 bits per heavy atom. The van der Waals surface area contributed by atoms with Gasteiger partial charge in [-0.3, -0.25) is 4.79 Å². The third-order valence-electron chi connectivity index (χ3n) is 5.89. The number of benzene rings is 1. The van der Waals surface area contributed by atoms with Gasteiger partial charge >= 0.3 is 5.97 Å². The van der Waals surface area contributed by atoms with Crippen LogP contribution in [0.5, 0.6) is 0 Å². The average Bonchev–Trinajstić information content (AvgIpc) is 3.31. The quantitative estimate of drug-likeness (QED) is 0.647. The van der Waals surface area contributed by atoms with Crippen molar-refractivity contribution in [2.24, 2.45) is 0 Å². The van der Waals surface area contributed by atoms with Crippen molar-refractivity contribution < 1.29 is 27.1 Å². The van der Waals surface area contributed by atoms with Crippen LogP contribution in [0.25, 0.3) is 10.1 Å². The zero-order valence-electron chi connectivity index (χ0n) is 16.5. The van der Waals surface area contributed by atoms with E-state index in [-0.39, 0.29) is 34.4 Å². The van der Waals surface area contributed by atoms with E-state index >= 15 is 0 Å². The number of halogens is 1. The summed E-state index contributed by atoms with van der Waals surface area (Å²) in [5.74, 6) is -1.39. The SMILES string of the molecule is O=C(OCC(=O)N(C1CCCCC1)C1CCS(=O)(=O)C1)c1cc2c(F)cccc2s1. The highest BCUT2D eigenvalue weighted by molar-refractivity contribution is 7.91. The number of sulfone groups is 1. The highest BCUT2D eigenvalue weighted by Gasteiger charge is 2.38. The number of fused-ring (bicyclic) bond motifs is 1. The van der Waals surface area contributed by atoms with Crippen LogP contribution in [-0.4, -0.2) is 55.4 Å². The molecule has 6 nitrogen and oxygen atoms in total. The molecule has 1 saturated heterocycles. The maximum atomic E-state index is 13.9. The molecule has 30 heavy (non-hydrogen) atoms. The van der Waals surface area contributed by atoms with Gasteiger partial charge in [-0.2, -0.15) is 0 Å². The fourth-order valence-corrected chi connectivity index (χ4v) is 7.14. The number of amides is 1. The van der Waals surface area contributed by atoms with E-state index in [0.29, 0.717) is 16.5 Å². The van der Waals surface area contributed by atoms with Gasteiger partial charge < -0.3 is 9.64 Å². The molecule has 1 aromatic heterocycles. The first-order valence-electron chi connectivity index (χ1n) is 10.2. The number of carbonyl (C=O) groups excluding carboxylic acids is 2. The molecule has 2 heterocycles. The van der Waals surface area contributed by atoms with E-state index < -0.39 is 28.2 Å². The van der Waals surface area contributed by atoms with Gasteiger partial charge in [-0.15, -0.1) is 11.3 Å². The van der Waals surface area contributed by atoms with Gasteiger partial charge in [0.2, 0.25) is 0 Å². The van der Waals surface area contributed by atoms with Crippen molar-refractivity contribution >= 4 is 43.1 Å². The van der Waals surface area contributed by atoms with Crippen molar-refractivity contribution in [1.29, 1.82) is 0 Å². The largest absolute Gasteiger partial charge is 0.451 e. The molecule has 0 radical (unpaired) electrons. The lowest BCUT2D eigenvalue weighted by Crippen LogP contribution is -2.50. The molecule has 1 aliphatic heterocycles. The molecule has 162 valence electrons. The summed E-state index contributed by atoms with van der Waals surface area (Å²) < 4.78 is 43.7. The standard InChI is InChI=1S/C21H24FNO5S2/c22-17-7-4-8-18-16(17)11-19(29-18)21(25)28-12-20(24)23(14-5-2-1-3-6-14)15-9-10-30(26,27)13-15/h4,7-8,11,14-15H,1-3,5-6,9-10,12-13H2. The van der Waals surface area contributed by atoms with Crippen LogP contribution in [0.2, 0.25) is 0 Å². The van der Waals surface area contributed by atoms with Crippen LogP contribution in [0.4, 0.5) is 4.39 Å². The van der Waals surface area contributed by atoms with E-state index in [9.17, 15) is 22.4 Å². The Bertz CT molecular complexity index is 1060. The number of nitrogens with zero attached hydrogens (tertiary/aromatic N) is 1. The average molecular weight is 454 g/mol. The molecule has 2 aromatic rings. The molecule has 2 fully saturated rings. The number of ether oxygens (including phenoxy) is 1. The van der Waals surface area contributed by atoms with Gasteiger partial charge in [-0.1, -0.05) is 25.3 Å². The van der Waals surface area contributed by atoms with E-state index in [1.165, 1.54) is 12.1 Å². The van der Waals surface area contributed by atoms with Crippen molar-refractivity contribution in [2.75, 3.05) is 18.1 Å². The summed E-state index contributed by atoms with van der Waals surface area (Å²) in [6.07, 6.45) is 5.22. The number of thiophene rings is 1. The summed E-state index contributed by atoms with van der Waals surface area (Å²) in [4.78, 5) is 27.4. The van der Waals surface area contributed by atoms with Gasteiger partial charge in [0.05, 0.1) is 11.5 Å². The number of esters is 1. The van der Waals surface area contributed by atoms with Crippen molar-refractivity contribution in [3.05, 3.63) is 35.0 Å². The lowest BCUT2D eigenvalue weighted by atomic mass is 9.93. The van der Waals surface area contributed by atoms with Gasteiger partial charge in [0.15, 0.2) is 16.4 Å². The van der Waals surface area contributed by atoms with Crippen molar-refractivity contribution in [3.8, 4) is 0 Å². The van der Waals surface area contributed by atoms with Crippen LogP contribution in [-0.2, 0) is 19.4 Å². The molecular formula is C21H24FNO5S2. The molecule has 9 heteroatoms. The first-order valence-corrected chi connectivity index (χ1v) is 12.8. The van der Waals surface area contributed by atoms with Crippen molar-refractivity contribution in [3.63, 3.8) is 0 Å². The second kappa shape index (κ2) is 8.63. The zero-order chi connectivity index (χ0) is 21.3. The van der Waals surface area contributed by atoms with E-state index in [2.05, 4.69) is 0 Å². The smallest absolute Gasteiger partial charge is 0.348 e. The molecule has 0 N–H and O–H groups in total. The minimum Gasteiger partial charge on any atom is -0.451 e. The first-order chi connectivity index (χ1) is 14.3. The molecule has 1 aliphatic carbocycles. The molecule has 2 aliphatic rings. The Balaban J connectivity index is 1.46. The molecule has 1 unspecified atom stereocenters. The van der Waals surface area contributed by atoms with E-state index in [0.717, 1.165) is 43.4 Å². The lowest BCUT2D eigenvalue weighted by molar-refractivity contribution is -0.139. The maximum Gasteiger partial charge on any atom is 0.348 e. The van der Waals surface area contributed by atoms with E-state index in [1.54, 1.807) is 17.0 Å². The summed E-state index contributed by atoms with van der Waals surface area (Å²) in [6.45, 7) is -0.442. The molecule has 1 saturated carbocycles. The number of hydrogen-bond donors (Lipinski definition) is 0. The summed E-state index contributed by atoms with van der Waals surface area (Å²) in [5.41, 5.74) is 0. The number of rotatable bonds is 5. The summed E-state index contributed by atoms with van der Waals surface area (Å²) in [5, 5.41) is 0.348. The van der Waals surface area contributed by atoms with E-state index in [1.807, 2.05) is 0 Å². The molecule has 1 aromatic carbocycles. The predicted octanol–water partition coefficient (Wildman–Crippen LogP) is 3.55. The second-order valence-corrected chi connectivity index (χ2v) is 11.3. The van der Waals surface area contributed by atoms with Crippen LogP contribution in [0.1, 0.15) is 48.2 Å². The predicted molar refractivity (Wildman–Crippen MR) is 113 cm³/mol. The monoisotopic (exact) mass is 453 g/mol. The lowest BCUT2D eigenvalue weighted by Gasteiger charge is -2.38. The Morgan fingerprint density at radius 3 is 2.57 bits per heavy atom. The zero-order valence-corrected chi connectivity index (χ0v) is 18.1. The van der Waals surface area contributed by atoms with Gasteiger partial charge in [0.25, 0.3) is 5.91 Å². The minimum absolute atomic E-state index is 0.0123. The molecule has 1 atom stereocenters. The Hall–Kier alpha value is -2.00. The Kier molecular flexibility index (Phi) is 6.11. The van der Waals surface area contributed by atoms with Crippen molar-refractivity contribution in [1.82, 2.24) is 4.90 Å². The van der Waals surface area contributed by atoms with Gasteiger partial charge in [-0.25, -0.2) is 17.6 Å². The topological polar surface area (TPSA) is 80.8 Å². The van der Waals surface area contributed by atoms with Crippen LogP contribution in [0, 0.1) is 5.82 Å². The normalized spacial score (nSPS) is 21.6. The molecule has 0 bridgehead atoms. The van der Waals surface area contributed by atoms with Crippen LogP contribution in [0.15, 0.2) is 24.3 Å². The maximum absolute atomic E-state index is 13.9. The van der Waals surface area contributed by atoms with E-state index in [4.69, 9.17) is 4.74 Å². The Labute approximate surface area is 178 Å². The fourth-order valence-electron chi connectivity index (χ4n) is 4.46.